The maximum atomic E-state index is 10.7. The number of ether oxygens (including phenoxy) is 2. The second-order valence-electron chi connectivity index (χ2n) is 3.39. The van der Waals surface area contributed by atoms with Gasteiger partial charge in [-0.25, -0.2) is 4.79 Å². The summed E-state index contributed by atoms with van der Waals surface area (Å²) in [4.78, 5) is 10.7. The summed E-state index contributed by atoms with van der Waals surface area (Å²) in [7, 11) is 0. The highest BCUT2D eigenvalue weighted by molar-refractivity contribution is 5.72. The molecule has 0 amide bonds. The first-order valence-corrected chi connectivity index (χ1v) is 5.64. The van der Waals surface area contributed by atoms with Gasteiger partial charge in [0.2, 0.25) is 0 Å². The molecule has 1 unspecified atom stereocenters. The van der Waals surface area contributed by atoms with Crippen LogP contribution in [0.4, 0.5) is 0 Å². The third kappa shape index (κ3) is 8.39. The fraction of sp³-hybridized carbons (Fsp3) is 0.909. The molecule has 0 aromatic heterocycles. The van der Waals surface area contributed by atoms with Crippen molar-refractivity contribution in [2.75, 3.05) is 19.8 Å². The lowest BCUT2D eigenvalue weighted by Crippen LogP contribution is -2.25. The second kappa shape index (κ2) is 9.93. The molecule has 0 aliphatic carbocycles. The molecule has 0 aromatic rings. The van der Waals surface area contributed by atoms with Crippen LogP contribution in [0, 0.1) is 0 Å². The summed E-state index contributed by atoms with van der Waals surface area (Å²) in [5, 5.41) is 8.76. The van der Waals surface area contributed by atoms with E-state index in [0.717, 1.165) is 12.8 Å². The number of rotatable bonds is 10. The third-order valence-corrected chi connectivity index (χ3v) is 2.06. The highest BCUT2D eigenvalue weighted by Gasteiger charge is 2.16. The molecule has 0 saturated heterocycles. The Morgan fingerprint density at radius 2 is 2.00 bits per heavy atom. The molecular weight excluding hydrogens is 196 g/mol. The summed E-state index contributed by atoms with van der Waals surface area (Å²) in [6, 6.07) is 0. The molecule has 0 rings (SSSR count). The van der Waals surface area contributed by atoms with Gasteiger partial charge in [-0.3, -0.25) is 0 Å². The molecule has 1 atom stereocenters. The van der Waals surface area contributed by atoms with E-state index in [9.17, 15) is 4.79 Å². The molecule has 0 heterocycles. The van der Waals surface area contributed by atoms with E-state index in [-0.39, 0.29) is 0 Å². The normalized spacial score (nSPS) is 12.7. The van der Waals surface area contributed by atoms with Gasteiger partial charge in [0.1, 0.15) is 0 Å². The zero-order valence-electron chi connectivity index (χ0n) is 9.70. The van der Waals surface area contributed by atoms with Gasteiger partial charge in [0, 0.05) is 26.2 Å². The maximum absolute atomic E-state index is 10.7. The Morgan fingerprint density at radius 1 is 1.27 bits per heavy atom. The fourth-order valence-electron chi connectivity index (χ4n) is 1.23. The summed E-state index contributed by atoms with van der Waals surface area (Å²) >= 11 is 0. The predicted octanol–water partition coefficient (Wildman–Crippen LogP) is 2.07. The van der Waals surface area contributed by atoms with Crippen LogP contribution in [0.25, 0.3) is 0 Å². The molecule has 15 heavy (non-hydrogen) atoms. The number of carboxylic acids is 1. The van der Waals surface area contributed by atoms with Gasteiger partial charge in [0.25, 0.3) is 0 Å². The van der Waals surface area contributed by atoms with E-state index in [1.165, 1.54) is 6.42 Å². The maximum Gasteiger partial charge on any atom is 0.332 e. The Bertz CT molecular complexity index is 159. The number of aliphatic carboxylic acids is 1. The Morgan fingerprint density at radius 3 is 2.53 bits per heavy atom. The Labute approximate surface area is 91.6 Å². The van der Waals surface area contributed by atoms with Crippen LogP contribution >= 0.6 is 0 Å². The van der Waals surface area contributed by atoms with Crippen molar-refractivity contribution >= 4 is 5.97 Å². The average Bonchev–Trinajstić information content (AvgIpc) is 2.21. The average molecular weight is 218 g/mol. The Hall–Kier alpha value is -0.610. The first-order valence-electron chi connectivity index (χ1n) is 5.64. The van der Waals surface area contributed by atoms with Gasteiger partial charge in [0.05, 0.1) is 0 Å². The highest BCUT2D eigenvalue weighted by atomic mass is 16.5. The van der Waals surface area contributed by atoms with Crippen molar-refractivity contribution in [3.63, 3.8) is 0 Å². The quantitative estimate of drug-likeness (QED) is 0.570. The SMILES string of the molecule is CCCCCOCCC(OCC)C(=O)O. The van der Waals surface area contributed by atoms with Gasteiger partial charge >= 0.3 is 5.97 Å². The fourth-order valence-corrected chi connectivity index (χ4v) is 1.23. The van der Waals surface area contributed by atoms with Gasteiger partial charge in [-0.2, -0.15) is 0 Å². The van der Waals surface area contributed by atoms with Crippen LogP contribution in [0.5, 0.6) is 0 Å². The van der Waals surface area contributed by atoms with Crippen LogP contribution in [0.3, 0.4) is 0 Å². The first-order chi connectivity index (χ1) is 7.22. The lowest BCUT2D eigenvalue weighted by Gasteiger charge is -2.12. The van der Waals surface area contributed by atoms with Crippen molar-refractivity contribution in [2.45, 2.75) is 45.6 Å². The zero-order valence-corrected chi connectivity index (χ0v) is 9.70. The topological polar surface area (TPSA) is 55.8 Å². The number of carbonyl (C=O) groups is 1. The third-order valence-electron chi connectivity index (χ3n) is 2.06. The van der Waals surface area contributed by atoms with E-state index in [2.05, 4.69) is 6.92 Å². The summed E-state index contributed by atoms with van der Waals surface area (Å²) in [6.07, 6.45) is 3.08. The van der Waals surface area contributed by atoms with E-state index in [1.807, 2.05) is 0 Å². The number of hydrogen-bond acceptors (Lipinski definition) is 3. The van der Waals surface area contributed by atoms with Crippen LogP contribution in [0.2, 0.25) is 0 Å². The van der Waals surface area contributed by atoms with Crippen LogP contribution in [-0.4, -0.2) is 37.0 Å². The van der Waals surface area contributed by atoms with E-state index < -0.39 is 12.1 Å². The molecule has 0 aromatic carbocycles. The standard InChI is InChI=1S/C11H22O4/c1-3-5-6-8-14-9-7-10(11(12)13)15-4-2/h10H,3-9H2,1-2H3,(H,12,13). The smallest absolute Gasteiger partial charge is 0.332 e. The molecule has 0 fully saturated rings. The summed E-state index contributed by atoms with van der Waals surface area (Å²) < 4.78 is 10.4. The van der Waals surface area contributed by atoms with Crippen LogP contribution in [-0.2, 0) is 14.3 Å². The molecular formula is C11H22O4. The van der Waals surface area contributed by atoms with Gasteiger partial charge in [-0.05, 0) is 13.3 Å². The van der Waals surface area contributed by atoms with Gasteiger partial charge in [0.15, 0.2) is 6.10 Å². The van der Waals surface area contributed by atoms with Gasteiger partial charge in [-0.1, -0.05) is 19.8 Å². The Kier molecular flexibility index (Phi) is 9.52. The molecule has 0 saturated carbocycles. The van der Waals surface area contributed by atoms with Gasteiger partial charge in [-0.15, -0.1) is 0 Å². The second-order valence-corrected chi connectivity index (χ2v) is 3.39. The summed E-state index contributed by atoms with van der Waals surface area (Å²) in [5.41, 5.74) is 0. The monoisotopic (exact) mass is 218 g/mol. The Balaban J connectivity index is 3.41. The molecule has 0 bridgehead atoms. The molecule has 1 N–H and O–H groups in total. The highest BCUT2D eigenvalue weighted by Crippen LogP contribution is 2.01. The molecule has 0 radical (unpaired) electrons. The van der Waals surface area contributed by atoms with E-state index in [1.54, 1.807) is 6.92 Å². The lowest BCUT2D eigenvalue weighted by atomic mass is 10.2. The number of hydrogen-bond donors (Lipinski definition) is 1. The molecule has 4 nitrogen and oxygen atoms in total. The van der Waals surface area contributed by atoms with Crippen molar-refractivity contribution in [3.8, 4) is 0 Å². The van der Waals surface area contributed by atoms with Crippen molar-refractivity contribution in [1.82, 2.24) is 0 Å². The first kappa shape index (κ1) is 14.4. The van der Waals surface area contributed by atoms with Crippen molar-refractivity contribution in [2.24, 2.45) is 0 Å². The molecule has 90 valence electrons. The zero-order chi connectivity index (χ0) is 11.5. The van der Waals surface area contributed by atoms with Crippen molar-refractivity contribution < 1.29 is 19.4 Å². The van der Waals surface area contributed by atoms with E-state index in [0.29, 0.717) is 26.2 Å². The largest absolute Gasteiger partial charge is 0.479 e. The predicted molar refractivity (Wildman–Crippen MR) is 58.0 cm³/mol. The molecule has 0 spiro atoms. The lowest BCUT2D eigenvalue weighted by molar-refractivity contribution is -0.151. The number of carboxylic acid groups (broad SMARTS) is 1. The minimum Gasteiger partial charge on any atom is -0.479 e. The summed E-state index contributed by atoms with van der Waals surface area (Å²) in [6.45, 7) is 5.52. The van der Waals surface area contributed by atoms with Crippen LogP contribution < -0.4 is 0 Å². The summed E-state index contributed by atoms with van der Waals surface area (Å²) in [5.74, 6) is -0.908. The number of unbranched alkanes of at least 4 members (excludes halogenated alkanes) is 2. The molecule has 0 aliphatic heterocycles. The minimum atomic E-state index is -0.908. The van der Waals surface area contributed by atoms with Crippen molar-refractivity contribution in [1.29, 1.82) is 0 Å². The molecule has 4 heteroatoms. The van der Waals surface area contributed by atoms with Crippen LogP contribution in [0.1, 0.15) is 39.5 Å². The van der Waals surface area contributed by atoms with Gasteiger partial charge < -0.3 is 14.6 Å². The van der Waals surface area contributed by atoms with Crippen LogP contribution in [0.15, 0.2) is 0 Å². The van der Waals surface area contributed by atoms with E-state index >= 15 is 0 Å². The minimum absolute atomic E-state index is 0.423. The van der Waals surface area contributed by atoms with Crippen molar-refractivity contribution in [3.05, 3.63) is 0 Å². The van der Waals surface area contributed by atoms with E-state index in [4.69, 9.17) is 14.6 Å². The molecule has 0 aliphatic rings.